The van der Waals surface area contributed by atoms with Crippen LogP contribution in [0.5, 0.6) is 0 Å². The third-order valence-corrected chi connectivity index (χ3v) is 4.26. The lowest BCUT2D eigenvalue weighted by Gasteiger charge is -2.12. The van der Waals surface area contributed by atoms with Crippen molar-refractivity contribution in [3.05, 3.63) is 40.8 Å². The molecule has 0 aliphatic carbocycles. The van der Waals surface area contributed by atoms with Gasteiger partial charge in [-0.2, -0.15) is 0 Å². The van der Waals surface area contributed by atoms with Gasteiger partial charge < -0.3 is 11.1 Å². The summed E-state index contributed by atoms with van der Waals surface area (Å²) >= 11 is 0. The lowest BCUT2D eigenvalue weighted by molar-refractivity contribution is 0.0947. The van der Waals surface area contributed by atoms with Crippen LogP contribution in [-0.2, 0) is 9.84 Å². The summed E-state index contributed by atoms with van der Waals surface area (Å²) in [5, 5.41) is 3.79. The maximum absolute atomic E-state index is 12.0. The molecule has 1 amide bonds. The molecule has 18 heavy (non-hydrogen) atoms. The smallest absolute Gasteiger partial charge is 0.252 e. The number of carbonyl (C=O) groups excluding carboxylic acids is 1. The van der Waals surface area contributed by atoms with E-state index in [0.29, 0.717) is 16.8 Å². The van der Waals surface area contributed by atoms with Crippen molar-refractivity contribution >= 4 is 21.4 Å². The fourth-order valence-corrected chi connectivity index (χ4v) is 3.05. The van der Waals surface area contributed by atoms with Gasteiger partial charge in [0, 0.05) is 16.7 Å². The molecule has 0 aromatic heterocycles. The average Bonchev–Trinajstić information content (AvgIpc) is 2.62. The molecule has 1 aliphatic heterocycles. The number of carbonyl (C=O) groups is 1. The van der Waals surface area contributed by atoms with Gasteiger partial charge in [0.1, 0.15) is 0 Å². The van der Waals surface area contributed by atoms with E-state index in [-0.39, 0.29) is 11.7 Å². The number of nitrogen functional groups attached to an aromatic ring is 1. The minimum absolute atomic E-state index is 0.0832. The molecule has 0 saturated carbocycles. The quantitative estimate of drug-likeness (QED) is 0.768. The SMILES string of the molecule is Cc1c(N)cccc1C(=O)NC1C=CS(=O)(=O)C1. The van der Waals surface area contributed by atoms with Crippen molar-refractivity contribution in [1.29, 1.82) is 0 Å². The first-order valence-electron chi connectivity index (χ1n) is 5.46. The summed E-state index contributed by atoms with van der Waals surface area (Å²) in [7, 11) is -3.16. The first kappa shape index (κ1) is 12.6. The third kappa shape index (κ3) is 2.53. The summed E-state index contributed by atoms with van der Waals surface area (Å²) in [6, 6.07) is 4.60. The van der Waals surface area contributed by atoms with Crippen molar-refractivity contribution in [3.63, 3.8) is 0 Å². The van der Waals surface area contributed by atoms with Gasteiger partial charge in [-0.25, -0.2) is 8.42 Å². The van der Waals surface area contributed by atoms with Gasteiger partial charge in [0.2, 0.25) is 0 Å². The minimum atomic E-state index is -3.16. The highest BCUT2D eigenvalue weighted by Crippen LogP contribution is 2.16. The Balaban J connectivity index is 2.14. The van der Waals surface area contributed by atoms with Gasteiger partial charge in [0.05, 0.1) is 11.8 Å². The minimum Gasteiger partial charge on any atom is -0.398 e. The van der Waals surface area contributed by atoms with Crippen LogP contribution in [0.1, 0.15) is 15.9 Å². The van der Waals surface area contributed by atoms with Crippen molar-refractivity contribution < 1.29 is 13.2 Å². The molecule has 0 radical (unpaired) electrons. The van der Waals surface area contributed by atoms with Crippen molar-refractivity contribution in [2.45, 2.75) is 13.0 Å². The predicted octanol–water partition coefficient (Wildman–Crippen LogP) is 0.618. The molecule has 1 aromatic carbocycles. The Kier molecular flexibility index (Phi) is 3.13. The second kappa shape index (κ2) is 4.45. The first-order chi connectivity index (χ1) is 8.39. The number of amides is 1. The molecule has 1 aliphatic rings. The van der Waals surface area contributed by atoms with Crippen LogP contribution < -0.4 is 11.1 Å². The molecular weight excluding hydrogens is 252 g/mol. The van der Waals surface area contributed by atoms with Gasteiger partial charge >= 0.3 is 0 Å². The summed E-state index contributed by atoms with van der Waals surface area (Å²) < 4.78 is 22.4. The molecule has 1 atom stereocenters. The molecular formula is C12H14N2O3S. The van der Waals surface area contributed by atoms with Crippen LogP contribution in [0.2, 0.25) is 0 Å². The second-order valence-corrected chi connectivity index (χ2v) is 6.19. The highest BCUT2D eigenvalue weighted by Gasteiger charge is 2.23. The van der Waals surface area contributed by atoms with Crippen LogP contribution in [0.4, 0.5) is 5.69 Å². The highest BCUT2D eigenvalue weighted by atomic mass is 32.2. The third-order valence-electron chi connectivity index (χ3n) is 2.87. The van der Waals surface area contributed by atoms with E-state index in [9.17, 15) is 13.2 Å². The van der Waals surface area contributed by atoms with Gasteiger partial charge in [0.15, 0.2) is 9.84 Å². The molecule has 0 fully saturated rings. The van der Waals surface area contributed by atoms with E-state index >= 15 is 0 Å². The van der Waals surface area contributed by atoms with E-state index in [1.165, 1.54) is 6.08 Å². The van der Waals surface area contributed by atoms with Crippen LogP contribution in [0.15, 0.2) is 29.7 Å². The summed E-state index contributed by atoms with van der Waals surface area (Å²) in [6.45, 7) is 1.76. The van der Waals surface area contributed by atoms with Crippen molar-refractivity contribution in [1.82, 2.24) is 5.32 Å². The Morgan fingerprint density at radius 3 is 2.78 bits per heavy atom. The number of hydrogen-bond acceptors (Lipinski definition) is 4. The number of sulfone groups is 1. The number of rotatable bonds is 2. The lowest BCUT2D eigenvalue weighted by Crippen LogP contribution is -2.35. The number of nitrogens with one attached hydrogen (secondary N) is 1. The summed E-state index contributed by atoms with van der Waals surface area (Å²) in [5.41, 5.74) is 7.42. The zero-order chi connectivity index (χ0) is 13.3. The van der Waals surface area contributed by atoms with Gasteiger partial charge in [-0.15, -0.1) is 0 Å². The van der Waals surface area contributed by atoms with E-state index in [1.54, 1.807) is 25.1 Å². The van der Waals surface area contributed by atoms with E-state index in [1.807, 2.05) is 0 Å². The Morgan fingerprint density at radius 2 is 2.17 bits per heavy atom. The van der Waals surface area contributed by atoms with E-state index in [0.717, 1.165) is 5.41 Å². The van der Waals surface area contributed by atoms with Crippen molar-refractivity contribution in [2.24, 2.45) is 0 Å². The Morgan fingerprint density at radius 1 is 1.44 bits per heavy atom. The van der Waals surface area contributed by atoms with Crippen LogP contribution in [0.25, 0.3) is 0 Å². The van der Waals surface area contributed by atoms with Crippen LogP contribution in [0, 0.1) is 6.92 Å². The van der Waals surface area contributed by atoms with Gasteiger partial charge in [-0.3, -0.25) is 4.79 Å². The van der Waals surface area contributed by atoms with Crippen LogP contribution in [0.3, 0.4) is 0 Å². The van der Waals surface area contributed by atoms with Crippen molar-refractivity contribution in [3.8, 4) is 0 Å². The summed E-state index contributed by atoms with van der Waals surface area (Å²) in [4.78, 5) is 12.0. The fourth-order valence-electron chi connectivity index (χ4n) is 1.81. The van der Waals surface area contributed by atoms with Crippen LogP contribution >= 0.6 is 0 Å². The number of anilines is 1. The fraction of sp³-hybridized carbons (Fsp3) is 0.250. The molecule has 0 saturated heterocycles. The maximum atomic E-state index is 12.0. The molecule has 6 heteroatoms. The van der Waals surface area contributed by atoms with Gasteiger partial charge in [0.25, 0.3) is 5.91 Å². The summed E-state index contributed by atoms with van der Waals surface area (Å²) in [6.07, 6.45) is 1.48. The molecule has 5 nitrogen and oxygen atoms in total. The standard InChI is InChI=1S/C12H14N2O3S/c1-8-10(3-2-4-11(8)13)12(15)14-9-5-6-18(16,17)7-9/h2-6,9H,7,13H2,1H3,(H,14,15). The van der Waals surface area contributed by atoms with E-state index in [4.69, 9.17) is 5.73 Å². The first-order valence-corrected chi connectivity index (χ1v) is 7.17. The number of hydrogen-bond donors (Lipinski definition) is 2. The molecule has 3 N–H and O–H groups in total. The monoisotopic (exact) mass is 266 g/mol. The molecule has 1 heterocycles. The lowest BCUT2D eigenvalue weighted by atomic mass is 10.1. The maximum Gasteiger partial charge on any atom is 0.252 e. The largest absolute Gasteiger partial charge is 0.398 e. The Hall–Kier alpha value is -1.82. The topological polar surface area (TPSA) is 89.3 Å². The molecule has 96 valence electrons. The van der Waals surface area contributed by atoms with Crippen LogP contribution in [-0.4, -0.2) is 26.1 Å². The van der Waals surface area contributed by atoms with E-state index < -0.39 is 15.9 Å². The van der Waals surface area contributed by atoms with Crippen molar-refractivity contribution in [2.75, 3.05) is 11.5 Å². The zero-order valence-electron chi connectivity index (χ0n) is 9.88. The zero-order valence-corrected chi connectivity index (χ0v) is 10.7. The second-order valence-electron chi connectivity index (χ2n) is 4.26. The molecule has 0 spiro atoms. The van der Waals surface area contributed by atoms with Gasteiger partial charge in [-0.1, -0.05) is 6.07 Å². The Labute approximate surface area is 106 Å². The molecule has 1 unspecified atom stereocenters. The summed E-state index contributed by atoms with van der Waals surface area (Å²) in [5.74, 6) is -0.397. The Bertz CT molecular complexity index is 620. The molecule has 2 rings (SSSR count). The number of nitrogens with two attached hydrogens (primary N) is 1. The predicted molar refractivity (Wildman–Crippen MR) is 69.8 cm³/mol. The normalized spacial score (nSPS) is 20.8. The van der Waals surface area contributed by atoms with Gasteiger partial charge in [-0.05, 0) is 30.7 Å². The highest BCUT2D eigenvalue weighted by molar-refractivity contribution is 7.94. The van der Waals surface area contributed by atoms with E-state index in [2.05, 4.69) is 5.32 Å². The molecule has 0 bridgehead atoms. The number of benzene rings is 1. The molecule has 1 aromatic rings. The average molecular weight is 266 g/mol.